The number of carbonyl (C=O) groups is 1. The van der Waals surface area contributed by atoms with Crippen LogP contribution in [0.3, 0.4) is 0 Å². The summed E-state index contributed by atoms with van der Waals surface area (Å²) in [5.41, 5.74) is 4.26. The van der Waals surface area contributed by atoms with Gasteiger partial charge >= 0.3 is 5.97 Å². The van der Waals surface area contributed by atoms with Gasteiger partial charge in [-0.3, -0.25) is 4.79 Å². The van der Waals surface area contributed by atoms with Gasteiger partial charge in [0.2, 0.25) is 0 Å². The van der Waals surface area contributed by atoms with E-state index in [-0.39, 0.29) is 5.92 Å². The van der Waals surface area contributed by atoms with E-state index in [9.17, 15) is 4.79 Å². The van der Waals surface area contributed by atoms with E-state index in [1.165, 1.54) is 16.7 Å². The summed E-state index contributed by atoms with van der Waals surface area (Å²) in [7, 11) is 0. The van der Waals surface area contributed by atoms with Crippen LogP contribution in [0.25, 0.3) is 0 Å². The van der Waals surface area contributed by atoms with Crippen LogP contribution < -0.4 is 5.32 Å². The number of aliphatic carboxylic acids is 1. The lowest BCUT2D eigenvalue weighted by atomic mass is 9.85. The summed E-state index contributed by atoms with van der Waals surface area (Å²) in [6.45, 7) is 4.47. The summed E-state index contributed by atoms with van der Waals surface area (Å²) < 4.78 is 0. The van der Waals surface area contributed by atoms with E-state index in [2.05, 4.69) is 37.4 Å². The molecule has 3 nitrogen and oxygen atoms in total. The molecule has 0 amide bonds. The maximum Gasteiger partial charge on any atom is 0.306 e. The van der Waals surface area contributed by atoms with Gasteiger partial charge < -0.3 is 10.4 Å². The van der Waals surface area contributed by atoms with Gasteiger partial charge in [0, 0.05) is 12.1 Å². The van der Waals surface area contributed by atoms with Gasteiger partial charge in [0.1, 0.15) is 0 Å². The fourth-order valence-electron chi connectivity index (χ4n) is 3.98. The summed E-state index contributed by atoms with van der Waals surface area (Å²) in [6, 6.07) is 7.70. The maximum absolute atomic E-state index is 11.0. The number of hydrogen-bond acceptors (Lipinski definition) is 2. The molecule has 114 valence electrons. The second-order valence-corrected chi connectivity index (χ2v) is 6.91. The third kappa shape index (κ3) is 2.98. The molecule has 2 aliphatic carbocycles. The van der Waals surface area contributed by atoms with Crippen molar-refractivity contribution in [3.8, 4) is 0 Å². The van der Waals surface area contributed by atoms with Crippen LogP contribution in [0.5, 0.6) is 0 Å². The summed E-state index contributed by atoms with van der Waals surface area (Å²) in [5, 5.41) is 12.9. The first kappa shape index (κ1) is 14.6. The first-order valence-corrected chi connectivity index (χ1v) is 8.13. The smallest absolute Gasteiger partial charge is 0.306 e. The van der Waals surface area contributed by atoms with Crippen LogP contribution in [0.2, 0.25) is 0 Å². The highest BCUT2D eigenvalue weighted by Crippen LogP contribution is 2.38. The van der Waals surface area contributed by atoms with E-state index in [1.54, 1.807) is 0 Å². The number of rotatable bonds is 3. The Morgan fingerprint density at radius 1 is 1.24 bits per heavy atom. The molecule has 0 bridgehead atoms. The molecule has 2 N–H and O–H groups in total. The second-order valence-electron chi connectivity index (χ2n) is 6.91. The van der Waals surface area contributed by atoms with Crippen LogP contribution in [-0.2, 0) is 11.2 Å². The van der Waals surface area contributed by atoms with Crippen LogP contribution in [0, 0.1) is 18.8 Å². The molecule has 0 spiro atoms. The molecule has 1 saturated carbocycles. The van der Waals surface area contributed by atoms with Gasteiger partial charge in [0.15, 0.2) is 0 Å². The zero-order chi connectivity index (χ0) is 15.0. The SMILES string of the molecule is Cc1ccc2c(c1)C(NC1CCC(C(=O)O)CC1)C(C)C2. The fraction of sp³-hybridized carbons (Fsp3) is 0.611. The zero-order valence-electron chi connectivity index (χ0n) is 12.9. The van der Waals surface area contributed by atoms with E-state index in [1.807, 2.05) is 0 Å². The van der Waals surface area contributed by atoms with E-state index < -0.39 is 5.97 Å². The van der Waals surface area contributed by atoms with Gasteiger partial charge in [-0.15, -0.1) is 0 Å². The van der Waals surface area contributed by atoms with Crippen molar-refractivity contribution in [1.82, 2.24) is 5.32 Å². The van der Waals surface area contributed by atoms with Crippen molar-refractivity contribution >= 4 is 5.97 Å². The van der Waals surface area contributed by atoms with Gasteiger partial charge in [-0.25, -0.2) is 0 Å². The molecular weight excluding hydrogens is 262 g/mol. The lowest BCUT2D eigenvalue weighted by Crippen LogP contribution is -2.38. The number of benzene rings is 1. The van der Waals surface area contributed by atoms with Gasteiger partial charge in [-0.05, 0) is 56.1 Å². The van der Waals surface area contributed by atoms with E-state index in [0.29, 0.717) is 18.0 Å². The Labute approximate surface area is 126 Å². The van der Waals surface area contributed by atoms with Crippen molar-refractivity contribution < 1.29 is 9.90 Å². The molecule has 0 radical (unpaired) electrons. The van der Waals surface area contributed by atoms with Gasteiger partial charge in [0.25, 0.3) is 0 Å². The quantitative estimate of drug-likeness (QED) is 0.895. The topological polar surface area (TPSA) is 49.3 Å². The van der Waals surface area contributed by atoms with Crippen molar-refractivity contribution in [3.05, 3.63) is 34.9 Å². The number of nitrogens with one attached hydrogen (secondary N) is 1. The molecular formula is C18H25NO2. The largest absolute Gasteiger partial charge is 0.481 e. The van der Waals surface area contributed by atoms with Gasteiger partial charge in [0.05, 0.1) is 5.92 Å². The fourth-order valence-corrected chi connectivity index (χ4v) is 3.98. The van der Waals surface area contributed by atoms with E-state index in [4.69, 9.17) is 5.11 Å². The summed E-state index contributed by atoms with van der Waals surface area (Å²) in [4.78, 5) is 11.0. The lowest BCUT2D eigenvalue weighted by molar-refractivity contribution is -0.142. The summed E-state index contributed by atoms with van der Waals surface area (Å²) >= 11 is 0. The Morgan fingerprint density at radius 3 is 2.62 bits per heavy atom. The molecule has 1 fully saturated rings. The van der Waals surface area contributed by atoms with Crippen LogP contribution in [0.15, 0.2) is 18.2 Å². The highest BCUT2D eigenvalue weighted by Gasteiger charge is 2.33. The molecule has 21 heavy (non-hydrogen) atoms. The van der Waals surface area contributed by atoms with Crippen molar-refractivity contribution in [2.45, 2.75) is 58.0 Å². The molecule has 0 aromatic heterocycles. The molecule has 2 unspecified atom stereocenters. The average Bonchev–Trinajstić information content (AvgIpc) is 2.76. The number of fused-ring (bicyclic) bond motifs is 1. The predicted octanol–water partition coefficient (Wildman–Crippen LogP) is 3.46. The van der Waals surface area contributed by atoms with E-state index in [0.717, 1.165) is 32.1 Å². The van der Waals surface area contributed by atoms with Crippen LogP contribution in [0.1, 0.15) is 55.3 Å². The van der Waals surface area contributed by atoms with Crippen LogP contribution in [0.4, 0.5) is 0 Å². The van der Waals surface area contributed by atoms with Crippen LogP contribution in [-0.4, -0.2) is 17.1 Å². The minimum Gasteiger partial charge on any atom is -0.481 e. The number of hydrogen-bond donors (Lipinski definition) is 2. The zero-order valence-corrected chi connectivity index (χ0v) is 12.9. The summed E-state index contributed by atoms with van der Waals surface area (Å²) in [5.74, 6) is -0.124. The Morgan fingerprint density at radius 2 is 1.95 bits per heavy atom. The van der Waals surface area contributed by atoms with Crippen molar-refractivity contribution in [1.29, 1.82) is 0 Å². The molecule has 1 aromatic carbocycles. The molecule has 0 aliphatic heterocycles. The molecule has 3 rings (SSSR count). The van der Waals surface area contributed by atoms with Crippen LogP contribution >= 0.6 is 0 Å². The molecule has 2 aliphatic rings. The lowest BCUT2D eigenvalue weighted by Gasteiger charge is -2.31. The second kappa shape index (κ2) is 5.80. The minimum atomic E-state index is -0.622. The molecule has 1 aromatic rings. The third-order valence-corrected chi connectivity index (χ3v) is 5.24. The normalized spacial score (nSPS) is 31.9. The Balaban J connectivity index is 1.66. The molecule has 0 heterocycles. The van der Waals surface area contributed by atoms with Crippen molar-refractivity contribution in [2.75, 3.05) is 0 Å². The first-order chi connectivity index (χ1) is 10.0. The predicted molar refractivity (Wildman–Crippen MR) is 83.3 cm³/mol. The van der Waals surface area contributed by atoms with Crippen molar-refractivity contribution in [3.63, 3.8) is 0 Å². The highest BCUT2D eigenvalue weighted by molar-refractivity contribution is 5.70. The first-order valence-electron chi connectivity index (χ1n) is 8.13. The molecule has 2 atom stereocenters. The minimum absolute atomic E-state index is 0.126. The standard InChI is InChI=1S/C18H25NO2/c1-11-3-4-14-10-12(2)17(16(14)9-11)19-15-7-5-13(6-8-15)18(20)21/h3-4,9,12-13,15,17,19H,5-8,10H2,1-2H3,(H,20,21). The summed E-state index contributed by atoms with van der Waals surface area (Å²) in [6.07, 6.45) is 4.75. The average molecular weight is 287 g/mol. The highest BCUT2D eigenvalue weighted by atomic mass is 16.4. The molecule has 0 saturated heterocycles. The van der Waals surface area contributed by atoms with Gasteiger partial charge in [-0.1, -0.05) is 30.7 Å². The Kier molecular flexibility index (Phi) is 4.03. The Bertz CT molecular complexity index is 532. The van der Waals surface area contributed by atoms with E-state index >= 15 is 0 Å². The molecule has 3 heteroatoms. The van der Waals surface area contributed by atoms with Crippen molar-refractivity contribution in [2.24, 2.45) is 11.8 Å². The number of carboxylic acids is 1. The maximum atomic E-state index is 11.0. The third-order valence-electron chi connectivity index (χ3n) is 5.24. The number of aryl methyl sites for hydroxylation is 1. The number of carboxylic acid groups (broad SMARTS) is 1. The monoisotopic (exact) mass is 287 g/mol. The van der Waals surface area contributed by atoms with Gasteiger partial charge in [-0.2, -0.15) is 0 Å². The Hall–Kier alpha value is -1.35.